The molecule has 1 N–H and O–H groups in total. The molecule has 0 heterocycles. The summed E-state index contributed by atoms with van der Waals surface area (Å²) in [7, 11) is 0. The van der Waals surface area contributed by atoms with Gasteiger partial charge in [0.2, 0.25) is 6.10 Å². The Bertz CT molecular complexity index is 828. The Hall–Kier alpha value is -3.15. The van der Waals surface area contributed by atoms with Crippen molar-refractivity contribution in [3.63, 3.8) is 0 Å². The molecule has 0 saturated heterocycles. The molecule has 1 aliphatic carbocycles. The molecule has 0 spiro atoms. The lowest BCUT2D eigenvalue weighted by molar-refractivity contribution is -0.158. The number of hydrogen-bond acceptors (Lipinski definition) is 5. The van der Waals surface area contributed by atoms with Crippen LogP contribution in [-0.4, -0.2) is 30.3 Å². The zero-order valence-electron chi connectivity index (χ0n) is 15.7. The van der Waals surface area contributed by atoms with E-state index in [0.29, 0.717) is 23.3 Å². The van der Waals surface area contributed by atoms with E-state index in [1.165, 1.54) is 0 Å². The highest BCUT2D eigenvalue weighted by Crippen LogP contribution is 2.23. The van der Waals surface area contributed by atoms with Crippen molar-refractivity contribution < 1.29 is 23.9 Å². The summed E-state index contributed by atoms with van der Waals surface area (Å²) in [6.45, 7) is 1.46. The van der Waals surface area contributed by atoms with Crippen LogP contribution in [0.15, 0.2) is 54.6 Å². The Morgan fingerprint density at radius 3 is 2.32 bits per heavy atom. The average molecular weight is 381 g/mol. The normalized spacial score (nSPS) is 14.0. The molecule has 3 rings (SSSR count). The average Bonchev–Trinajstić information content (AvgIpc) is 3.54. The largest absolute Gasteiger partial charge is 0.482 e. The van der Waals surface area contributed by atoms with E-state index in [1.807, 2.05) is 6.07 Å². The van der Waals surface area contributed by atoms with Crippen LogP contribution in [0.3, 0.4) is 0 Å². The van der Waals surface area contributed by atoms with E-state index in [-0.39, 0.29) is 24.3 Å². The number of hydrogen-bond donors (Lipinski definition) is 1. The second kappa shape index (κ2) is 9.17. The first-order valence-electron chi connectivity index (χ1n) is 9.37. The van der Waals surface area contributed by atoms with Crippen molar-refractivity contribution in [2.45, 2.75) is 38.3 Å². The van der Waals surface area contributed by atoms with Crippen LogP contribution in [0.25, 0.3) is 0 Å². The molecule has 6 heteroatoms. The van der Waals surface area contributed by atoms with E-state index in [2.05, 4.69) is 5.32 Å². The summed E-state index contributed by atoms with van der Waals surface area (Å²) < 4.78 is 10.8. The van der Waals surface area contributed by atoms with Crippen LogP contribution in [-0.2, 0) is 14.3 Å². The van der Waals surface area contributed by atoms with Gasteiger partial charge in [0.25, 0.3) is 5.91 Å². The van der Waals surface area contributed by atoms with Crippen molar-refractivity contribution in [1.82, 2.24) is 5.32 Å². The number of carbonyl (C=O) groups excluding carboxylic acids is 3. The number of amides is 1. The molecule has 1 amide bonds. The molecule has 1 saturated carbocycles. The molecule has 0 bridgehead atoms. The van der Waals surface area contributed by atoms with Crippen LogP contribution < -0.4 is 10.1 Å². The summed E-state index contributed by atoms with van der Waals surface area (Å²) in [5.41, 5.74) is 1.20. The van der Waals surface area contributed by atoms with E-state index in [0.717, 1.165) is 12.8 Å². The number of ketones is 1. The molecular formula is C22H23NO5. The Morgan fingerprint density at radius 1 is 1.04 bits per heavy atom. The highest BCUT2D eigenvalue weighted by molar-refractivity contribution is 5.95. The number of benzene rings is 2. The Kier molecular flexibility index (Phi) is 6.42. The summed E-state index contributed by atoms with van der Waals surface area (Å²) in [6, 6.07) is 15.6. The quantitative estimate of drug-likeness (QED) is 0.533. The van der Waals surface area contributed by atoms with E-state index in [1.54, 1.807) is 55.5 Å². The second-order valence-corrected chi connectivity index (χ2v) is 6.65. The Labute approximate surface area is 163 Å². The van der Waals surface area contributed by atoms with Crippen LogP contribution in [0.1, 0.15) is 48.2 Å². The highest BCUT2D eigenvalue weighted by Gasteiger charge is 2.30. The molecule has 0 radical (unpaired) electrons. The maximum Gasteiger partial charge on any atom is 0.345 e. The third-order valence-electron chi connectivity index (χ3n) is 4.37. The fraction of sp³-hybridized carbons (Fsp3) is 0.318. The SMILES string of the molecule is CCC(=O)c1ccc(OCC(=O)O[C@H](C(=O)NC2CC2)c2ccccc2)cc1. The third kappa shape index (κ3) is 5.42. The molecule has 1 atom stereocenters. The first-order chi connectivity index (χ1) is 13.6. The minimum Gasteiger partial charge on any atom is -0.482 e. The van der Waals surface area contributed by atoms with Gasteiger partial charge in [-0.2, -0.15) is 0 Å². The number of rotatable bonds is 9. The highest BCUT2D eigenvalue weighted by atomic mass is 16.6. The summed E-state index contributed by atoms with van der Waals surface area (Å²) >= 11 is 0. The minimum absolute atomic E-state index is 0.0401. The molecule has 0 aromatic heterocycles. The van der Waals surface area contributed by atoms with Gasteiger partial charge in [-0.3, -0.25) is 9.59 Å². The Morgan fingerprint density at radius 2 is 1.71 bits per heavy atom. The maximum atomic E-state index is 12.5. The van der Waals surface area contributed by atoms with Crippen molar-refractivity contribution in [3.8, 4) is 5.75 Å². The number of nitrogens with one attached hydrogen (secondary N) is 1. The third-order valence-corrected chi connectivity index (χ3v) is 4.37. The molecule has 1 fully saturated rings. The first kappa shape index (κ1) is 19.6. The zero-order valence-corrected chi connectivity index (χ0v) is 15.7. The van der Waals surface area contributed by atoms with Gasteiger partial charge in [-0.05, 0) is 37.1 Å². The predicted octanol–water partition coefficient (Wildman–Crippen LogP) is 3.22. The first-order valence-corrected chi connectivity index (χ1v) is 9.37. The molecule has 2 aromatic rings. The van der Waals surface area contributed by atoms with Crippen LogP contribution in [0, 0.1) is 0 Å². The van der Waals surface area contributed by atoms with Gasteiger partial charge in [0.1, 0.15) is 5.75 Å². The van der Waals surface area contributed by atoms with Crippen LogP contribution in [0.4, 0.5) is 0 Å². The minimum atomic E-state index is -1.01. The summed E-state index contributed by atoms with van der Waals surface area (Å²) in [6.07, 6.45) is 1.31. The van der Waals surface area contributed by atoms with Crippen LogP contribution in [0.5, 0.6) is 5.75 Å². The number of esters is 1. The lowest BCUT2D eigenvalue weighted by Gasteiger charge is -2.18. The lowest BCUT2D eigenvalue weighted by Crippen LogP contribution is -2.34. The van der Waals surface area contributed by atoms with E-state index in [9.17, 15) is 14.4 Å². The van der Waals surface area contributed by atoms with Gasteiger partial charge < -0.3 is 14.8 Å². The van der Waals surface area contributed by atoms with Gasteiger partial charge >= 0.3 is 5.97 Å². The molecule has 146 valence electrons. The van der Waals surface area contributed by atoms with Crippen LogP contribution >= 0.6 is 0 Å². The lowest BCUT2D eigenvalue weighted by atomic mass is 10.1. The van der Waals surface area contributed by atoms with Gasteiger partial charge in [0.05, 0.1) is 0 Å². The summed E-state index contributed by atoms with van der Waals surface area (Å²) in [5.74, 6) is -0.486. The fourth-order valence-electron chi connectivity index (χ4n) is 2.65. The van der Waals surface area contributed by atoms with Crippen LogP contribution in [0.2, 0.25) is 0 Å². The number of Topliss-reactive ketones (excluding diaryl/α,β-unsaturated/α-hetero) is 1. The second-order valence-electron chi connectivity index (χ2n) is 6.65. The molecule has 0 aliphatic heterocycles. The monoisotopic (exact) mass is 381 g/mol. The summed E-state index contributed by atoms with van der Waals surface area (Å²) in [4.78, 5) is 36.4. The van der Waals surface area contributed by atoms with Gasteiger partial charge in [-0.1, -0.05) is 37.3 Å². The van der Waals surface area contributed by atoms with Gasteiger partial charge in [-0.15, -0.1) is 0 Å². The standard InChI is InChI=1S/C22H23NO5/c1-2-19(24)15-8-12-18(13-9-15)27-14-20(25)28-21(16-6-4-3-5-7-16)22(26)23-17-10-11-17/h3-9,12-13,17,21H,2,10-11,14H2,1H3,(H,23,26)/t21-/m0/s1. The zero-order chi connectivity index (χ0) is 19.9. The number of ether oxygens (including phenoxy) is 2. The van der Waals surface area contributed by atoms with E-state index in [4.69, 9.17) is 9.47 Å². The molecule has 0 unspecified atom stereocenters. The fourth-order valence-corrected chi connectivity index (χ4v) is 2.65. The Balaban J connectivity index is 1.58. The van der Waals surface area contributed by atoms with Crippen molar-refractivity contribution in [2.24, 2.45) is 0 Å². The molecular weight excluding hydrogens is 358 g/mol. The van der Waals surface area contributed by atoms with Crippen molar-refractivity contribution in [3.05, 3.63) is 65.7 Å². The van der Waals surface area contributed by atoms with Gasteiger partial charge in [0, 0.05) is 23.6 Å². The van der Waals surface area contributed by atoms with E-state index >= 15 is 0 Å². The molecule has 28 heavy (non-hydrogen) atoms. The van der Waals surface area contributed by atoms with E-state index < -0.39 is 12.1 Å². The maximum absolute atomic E-state index is 12.5. The number of carbonyl (C=O) groups is 3. The summed E-state index contributed by atoms with van der Waals surface area (Å²) in [5, 5.41) is 2.87. The van der Waals surface area contributed by atoms with Gasteiger partial charge in [0.15, 0.2) is 12.4 Å². The van der Waals surface area contributed by atoms with Gasteiger partial charge in [-0.25, -0.2) is 4.79 Å². The van der Waals surface area contributed by atoms with Crippen molar-refractivity contribution >= 4 is 17.7 Å². The van der Waals surface area contributed by atoms with Crippen molar-refractivity contribution in [1.29, 1.82) is 0 Å². The smallest absolute Gasteiger partial charge is 0.345 e. The molecule has 2 aromatic carbocycles. The molecule has 1 aliphatic rings. The molecule has 6 nitrogen and oxygen atoms in total. The predicted molar refractivity (Wildman–Crippen MR) is 103 cm³/mol. The van der Waals surface area contributed by atoms with Crippen molar-refractivity contribution in [2.75, 3.05) is 6.61 Å². The topological polar surface area (TPSA) is 81.7 Å².